The zero-order valence-electron chi connectivity index (χ0n) is 16.8. The van der Waals surface area contributed by atoms with Gasteiger partial charge in [0.15, 0.2) is 11.4 Å². The summed E-state index contributed by atoms with van der Waals surface area (Å²) in [6.07, 6.45) is 11.8. The molecule has 3 rings (SSSR count). The number of esters is 1. The predicted molar refractivity (Wildman–Crippen MR) is 105 cm³/mol. The maximum Gasteiger partial charge on any atom is 0.343 e. The molecule has 0 aromatic rings. The Balaban J connectivity index is 1.98. The zero-order chi connectivity index (χ0) is 20.6. The summed E-state index contributed by atoms with van der Waals surface area (Å²) in [6, 6.07) is 0. The number of rotatable bonds is 5. The molecule has 0 aromatic carbocycles. The van der Waals surface area contributed by atoms with Crippen molar-refractivity contribution >= 4 is 17.5 Å². The first-order chi connectivity index (χ1) is 13.2. The molecular formula is C23H24O5. The molecule has 5 nitrogen and oxygen atoms in total. The monoisotopic (exact) mass is 380 g/mol. The van der Waals surface area contributed by atoms with Crippen molar-refractivity contribution in [2.24, 2.45) is 5.92 Å². The lowest BCUT2D eigenvalue weighted by atomic mass is 9.77. The maximum absolute atomic E-state index is 12.9. The van der Waals surface area contributed by atoms with Crippen molar-refractivity contribution in [1.29, 1.82) is 0 Å². The van der Waals surface area contributed by atoms with Gasteiger partial charge in [-0.05, 0) is 50.5 Å². The van der Waals surface area contributed by atoms with Crippen LogP contribution in [-0.2, 0) is 23.9 Å². The molecule has 0 fully saturated rings. The minimum atomic E-state index is -1.48. The highest BCUT2D eigenvalue weighted by Crippen LogP contribution is 2.43. The van der Waals surface area contributed by atoms with E-state index in [1.54, 1.807) is 12.2 Å². The van der Waals surface area contributed by atoms with Crippen LogP contribution in [0.25, 0.3) is 0 Å². The molecule has 0 saturated heterocycles. The molecule has 2 heterocycles. The van der Waals surface area contributed by atoms with Crippen molar-refractivity contribution < 1.29 is 23.9 Å². The molecule has 0 bridgehead atoms. The molecular weight excluding hydrogens is 356 g/mol. The van der Waals surface area contributed by atoms with Crippen LogP contribution < -0.4 is 0 Å². The van der Waals surface area contributed by atoms with E-state index in [-0.39, 0.29) is 5.57 Å². The van der Waals surface area contributed by atoms with Gasteiger partial charge in [0.05, 0.1) is 5.57 Å². The van der Waals surface area contributed by atoms with Gasteiger partial charge in [-0.25, -0.2) is 4.79 Å². The van der Waals surface area contributed by atoms with Gasteiger partial charge in [0, 0.05) is 5.57 Å². The van der Waals surface area contributed by atoms with E-state index in [4.69, 9.17) is 9.47 Å². The Morgan fingerprint density at radius 1 is 1.25 bits per heavy atom. The summed E-state index contributed by atoms with van der Waals surface area (Å²) in [5.41, 5.74) is 0.819. The number of Topliss-reactive ketones (excluding diaryl/α,β-unsaturated/α-hetero) is 2. The summed E-state index contributed by atoms with van der Waals surface area (Å²) in [5, 5.41) is 0. The topological polar surface area (TPSA) is 69.7 Å². The smallest absolute Gasteiger partial charge is 0.343 e. The molecule has 0 aromatic heterocycles. The lowest BCUT2D eigenvalue weighted by molar-refractivity contribution is -0.153. The van der Waals surface area contributed by atoms with E-state index in [9.17, 15) is 14.4 Å². The second-order valence-corrected chi connectivity index (χ2v) is 7.52. The molecule has 0 saturated carbocycles. The quantitative estimate of drug-likeness (QED) is 0.409. The van der Waals surface area contributed by atoms with Gasteiger partial charge in [-0.3, -0.25) is 9.59 Å². The van der Waals surface area contributed by atoms with Gasteiger partial charge in [-0.1, -0.05) is 38.0 Å². The van der Waals surface area contributed by atoms with Crippen LogP contribution in [0.15, 0.2) is 70.3 Å². The van der Waals surface area contributed by atoms with Crippen molar-refractivity contribution in [3.63, 3.8) is 0 Å². The average molecular weight is 380 g/mol. The highest BCUT2D eigenvalue weighted by atomic mass is 16.6. The number of hydrogen-bond donors (Lipinski definition) is 0. The second kappa shape index (κ2) is 7.23. The fourth-order valence-electron chi connectivity index (χ4n) is 3.45. The van der Waals surface area contributed by atoms with Crippen molar-refractivity contribution in [1.82, 2.24) is 0 Å². The van der Waals surface area contributed by atoms with Gasteiger partial charge in [-0.2, -0.15) is 0 Å². The normalized spacial score (nSPS) is 25.5. The molecule has 5 heteroatoms. The van der Waals surface area contributed by atoms with Crippen LogP contribution in [0.4, 0.5) is 0 Å². The molecule has 2 atom stereocenters. The summed E-state index contributed by atoms with van der Waals surface area (Å²) in [6.45, 7) is 9.12. The summed E-state index contributed by atoms with van der Waals surface area (Å²) >= 11 is 0. The SMILES string of the molecule is CC[C@H](C)C=C(C)C=CC1=CC2=CC3=C(C(C)=O)C(=O)O[C@]3(C)C(=O)C2=CO1. The molecule has 0 unspecified atom stereocenters. The van der Waals surface area contributed by atoms with Crippen molar-refractivity contribution in [3.05, 3.63) is 70.3 Å². The lowest BCUT2D eigenvalue weighted by Crippen LogP contribution is -2.41. The maximum atomic E-state index is 12.9. The molecule has 3 aliphatic rings. The standard InChI is InChI=1S/C23H24O5/c1-6-13(2)9-14(3)7-8-17-10-16-11-19-20(15(4)24)22(26)28-23(19,5)21(25)18(16)12-27-17/h7-13H,6H2,1-5H3/t13-,23-/m0/s1. The third kappa shape index (κ3) is 3.33. The summed E-state index contributed by atoms with van der Waals surface area (Å²) in [7, 11) is 0. The highest BCUT2D eigenvalue weighted by molar-refractivity contribution is 6.24. The Morgan fingerprint density at radius 3 is 2.61 bits per heavy atom. The molecule has 0 radical (unpaired) electrons. The Labute approximate surface area is 164 Å². The first kappa shape index (κ1) is 19.8. The Hall–Kier alpha value is -2.95. The second-order valence-electron chi connectivity index (χ2n) is 7.52. The van der Waals surface area contributed by atoms with E-state index in [2.05, 4.69) is 19.9 Å². The predicted octanol–water partition coefficient (Wildman–Crippen LogP) is 4.04. The van der Waals surface area contributed by atoms with Crippen molar-refractivity contribution in [2.75, 3.05) is 0 Å². The fraction of sp³-hybridized carbons (Fsp3) is 0.348. The minimum Gasteiger partial charge on any atom is -0.464 e. The van der Waals surface area contributed by atoms with E-state index in [0.717, 1.165) is 12.0 Å². The third-order valence-electron chi connectivity index (χ3n) is 5.24. The summed E-state index contributed by atoms with van der Waals surface area (Å²) in [5.74, 6) is -0.506. The number of fused-ring (bicyclic) bond motifs is 2. The number of allylic oxidation sites excluding steroid dienone is 6. The number of ether oxygens (including phenoxy) is 2. The van der Waals surface area contributed by atoms with Crippen LogP contribution in [0.3, 0.4) is 0 Å². The first-order valence-corrected chi connectivity index (χ1v) is 9.38. The Kier molecular flexibility index (Phi) is 5.11. The molecule has 0 N–H and O–H groups in total. The van der Waals surface area contributed by atoms with Gasteiger partial charge in [0.1, 0.15) is 17.6 Å². The average Bonchev–Trinajstić information content (AvgIpc) is 2.90. The molecule has 0 spiro atoms. The van der Waals surface area contributed by atoms with E-state index in [1.165, 1.54) is 20.1 Å². The largest absolute Gasteiger partial charge is 0.464 e. The number of carbonyl (C=O) groups excluding carboxylic acids is 3. The van der Waals surface area contributed by atoms with Crippen LogP contribution >= 0.6 is 0 Å². The summed E-state index contributed by atoms with van der Waals surface area (Å²) in [4.78, 5) is 37.0. The number of hydrogen-bond acceptors (Lipinski definition) is 5. The van der Waals surface area contributed by atoms with Crippen LogP contribution in [0.2, 0.25) is 0 Å². The third-order valence-corrected chi connectivity index (χ3v) is 5.24. The molecule has 146 valence electrons. The summed E-state index contributed by atoms with van der Waals surface area (Å²) < 4.78 is 10.9. The van der Waals surface area contributed by atoms with E-state index in [1.807, 2.05) is 19.1 Å². The minimum absolute atomic E-state index is 0.0632. The molecule has 0 amide bonds. The molecule has 2 aliphatic heterocycles. The molecule has 1 aliphatic carbocycles. The van der Waals surface area contributed by atoms with Crippen LogP contribution in [0, 0.1) is 5.92 Å². The highest BCUT2D eigenvalue weighted by Gasteiger charge is 2.53. The zero-order valence-corrected chi connectivity index (χ0v) is 16.8. The molecule has 28 heavy (non-hydrogen) atoms. The van der Waals surface area contributed by atoms with Crippen molar-refractivity contribution in [3.8, 4) is 0 Å². The van der Waals surface area contributed by atoms with Gasteiger partial charge in [0.2, 0.25) is 5.78 Å². The van der Waals surface area contributed by atoms with Crippen LogP contribution in [0.1, 0.15) is 41.0 Å². The van der Waals surface area contributed by atoms with Gasteiger partial charge in [-0.15, -0.1) is 0 Å². The number of carbonyl (C=O) groups is 3. The van der Waals surface area contributed by atoms with E-state index in [0.29, 0.717) is 28.4 Å². The lowest BCUT2D eigenvalue weighted by Gasteiger charge is -2.30. The fourth-order valence-corrected chi connectivity index (χ4v) is 3.45. The van der Waals surface area contributed by atoms with Crippen molar-refractivity contribution in [2.45, 2.75) is 46.6 Å². The first-order valence-electron chi connectivity index (χ1n) is 9.38. The van der Waals surface area contributed by atoms with Gasteiger partial charge < -0.3 is 9.47 Å². The van der Waals surface area contributed by atoms with E-state index >= 15 is 0 Å². The Morgan fingerprint density at radius 2 is 1.96 bits per heavy atom. The van der Waals surface area contributed by atoms with E-state index < -0.39 is 23.1 Å². The van der Waals surface area contributed by atoms with Gasteiger partial charge in [0.25, 0.3) is 0 Å². The van der Waals surface area contributed by atoms with Crippen LogP contribution in [-0.4, -0.2) is 23.1 Å². The van der Waals surface area contributed by atoms with Gasteiger partial charge >= 0.3 is 5.97 Å². The number of ketones is 2. The Bertz CT molecular complexity index is 951. The van der Waals surface area contributed by atoms with Crippen LogP contribution in [0.5, 0.6) is 0 Å².